The number of benzene rings is 1. The van der Waals surface area contributed by atoms with E-state index >= 15 is 0 Å². The minimum Gasteiger partial charge on any atom is -0.493 e. The van der Waals surface area contributed by atoms with Crippen molar-refractivity contribution >= 4 is 29.1 Å². The lowest BCUT2D eigenvalue weighted by Crippen LogP contribution is -2.57. The molecule has 2 unspecified atom stereocenters. The van der Waals surface area contributed by atoms with Gasteiger partial charge < -0.3 is 30.1 Å². The lowest BCUT2D eigenvalue weighted by Gasteiger charge is -2.37. The number of fused-ring (bicyclic) bond motifs is 1. The SMILES string of the molecule is CC(C)(C)OC(=O)N1CCC(O)C(NC(=S)Nc2cccc3c2CCO3)C1. The standard InChI is InChI=1S/C19H27N3O4S/c1-19(2,3)26-18(24)22-9-7-15(23)14(11-22)21-17(27)20-13-5-4-6-16-12(13)8-10-25-16/h4-6,14-15,23H,7-11H2,1-3H3,(H2,20,21,27). The van der Waals surface area contributed by atoms with Gasteiger partial charge in [0.15, 0.2) is 5.11 Å². The highest BCUT2D eigenvalue weighted by Crippen LogP contribution is 2.31. The van der Waals surface area contributed by atoms with Crippen LogP contribution in [0.2, 0.25) is 0 Å². The highest BCUT2D eigenvalue weighted by Gasteiger charge is 2.33. The Hall–Kier alpha value is -2.06. The predicted octanol–water partition coefficient (Wildman–Crippen LogP) is 2.28. The lowest BCUT2D eigenvalue weighted by molar-refractivity contribution is 0.00275. The Bertz CT molecular complexity index is 719. The van der Waals surface area contributed by atoms with Gasteiger partial charge in [0, 0.05) is 30.8 Å². The fraction of sp³-hybridized carbons (Fsp3) is 0.579. The summed E-state index contributed by atoms with van der Waals surface area (Å²) in [6.45, 7) is 6.95. The number of nitrogens with zero attached hydrogens (tertiary/aromatic N) is 1. The van der Waals surface area contributed by atoms with E-state index in [1.807, 2.05) is 39.0 Å². The number of thiocarbonyl (C=S) groups is 1. The molecule has 3 N–H and O–H groups in total. The van der Waals surface area contributed by atoms with E-state index in [1.165, 1.54) is 0 Å². The van der Waals surface area contributed by atoms with Gasteiger partial charge in [0.1, 0.15) is 11.4 Å². The van der Waals surface area contributed by atoms with Crippen LogP contribution in [-0.2, 0) is 11.2 Å². The van der Waals surface area contributed by atoms with Gasteiger partial charge in [-0.25, -0.2) is 4.79 Å². The molecule has 0 aliphatic carbocycles. The van der Waals surface area contributed by atoms with Crippen molar-refractivity contribution in [1.82, 2.24) is 10.2 Å². The average molecular weight is 394 g/mol. The highest BCUT2D eigenvalue weighted by molar-refractivity contribution is 7.80. The second-order valence-electron chi connectivity index (χ2n) is 7.87. The summed E-state index contributed by atoms with van der Waals surface area (Å²) in [6.07, 6.45) is 0.333. The molecule has 2 heterocycles. The van der Waals surface area contributed by atoms with Crippen LogP contribution >= 0.6 is 12.2 Å². The maximum Gasteiger partial charge on any atom is 0.410 e. The van der Waals surface area contributed by atoms with E-state index in [0.717, 1.165) is 23.4 Å². The van der Waals surface area contributed by atoms with Crippen molar-refractivity contribution in [2.45, 2.75) is 51.4 Å². The molecule has 0 spiro atoms. The Morgan fingerprint density at radius 2 is 2.19 bits per heavy atom. The van der Waals surface area contributed by atoms with Crippen molar-refractivity contribution in [1.29, 1.82) is 0 Å². The molecular formula is C19H27N3O4S. The number of hydrogen-bond acceptors (Lipinski definition) is 5. The zero-order valence-corrected chi connectivity index (χ0v) is 16.8. The van der Waals surface area contributed by atoms with E-state index < -0.39 is 11.7 Å². The van der Waals surface area contributed by atoms with Gasteiger partial charge in [0.05, 0.1) is 18.8 Å². The number of ether oxygens (including phenoxy) is 2. The van der Waals surface area contributed by atoms with Crippen molar-refractivity contribution < 1.29 is 19.4 Å². The molecule has 0 radical (unpaired) electrons. The summed E-state index contributed by atoms with van der Waals surface area (Å²) in [4.78, 5) is 13.9. The molecule has 2 atom stereocenters. The lowest BCUT2D eigenvalue weighted by atomic mass is 10.0. The second-order valence-corrected chi connectivity index (χ2v) is 8.28. The summed E-state index contributed by atoms with van der Waals surface area (Å²) in [5, 5.41) is 17.1. The molecular weight excluding hydrogens is 366 g/mol. The molecule has 27 heavy (non-hydrogen) atoms. The topological polar surface area (TPSA) is 83.1 Å². The first-order valence-corrected chi connectivity index (χ1v) is 9.62. The number of carbonyl (C=O) groups excluding carboxylic acids is 1. The predicted molar refractivity (Wildman–Crippen MR) is 107 cm³/mol. The Morgan fingerprint density at radius 1 is 1.41 bits per heavy atom. The van der Waals surface area contributed by atoms with Gasteiger partial charge in [-0.05, 0) is 51.5 Å². The zero-order chi connectivity index (χ0) is 19.6. The quantitative estimate of drug-likeness (QED) is 0.665. The van der Waals surface area contributed by atoms with E-state index in [2.05, 4.69) is 10.6 Å². The molecule has 2 aliphatic rings. The molecule has 0 saturated carbocycles. The Balaban J connectivity index is 1.59. The summed E-state index contributed by atoms with van der Waals surface area (Å²) in [6, 6.07) is 5.44. The average Bonchev–Trinajstić information content (AvgIpc) is 3.05. The van der Waals surface area contributed by atoms with E-state index in [-0.39, 0.29) is 12.1 Å². The molecule has 7 nitrogen and oxygen atoms in total. The van der Waals surface area contributed by atoms with Gasteiger partial charge in [-0.2, -0.15) is 0 Å². The monoisotopic (exact) mass is 393 g/mol. The van der Waals surface area contributed by atoms with Crippen molar-refractivity contribution in [2.75, 3.05) is 25.0 Å². The number of aliphatic hydroxyl groups is 1. The maximum atomic E-state index is 12.3. The van der Waals surface area contributed by atoms with Gasteiger partial charge >= 0.3 is 6.09 Å². The molecule has 1 aromatic carbocycles. The van der Waals surface area contributed by atoms with E-state index in [4.69, 9.17) is 21.7 Å². The first-order valence-electron chi connectivity index (χ1n) is 9.21. The van der Waals surface area contributed by atoms with Crippen LogP contribution < -0.4 is 15.4 Å². The fourth-order valence-electron chi connectivity index (χ4n) is 3.24. The van der Waals surface area contributed by atoms with Gasteiger partial charge in [0.2, 0.25) is 0 Å². The molecule has 8 heteroatoms. The Morgan fingerprint density at radius 3 is 2.93 bits per heavy atom. The molecule has 2 aliphatic heterocycles. The number of anilines is 1. The third-order valence-electron chi connectivity index (χ3n) is 4.54. The van der Waals surface area contributed by atoms with Gasteiger partial charge in [-0.1, -0.05) is 6.07 Å². The number of piperidine rings is 1. The third kappa shape index (κ3) is 5.01. The number of carbonyl (C=O) groups is 1. The van der Waals surface area contributed by atoms with Gasteiger partial charge in [0.25, 0.3) is 0 Å². The molecule has 1 saturated heterocycles. The van der Waals surface area contributed by atoms with Crippen LogP contribution in [0.3, 0.4) is 0 Å². The second kappa shape index (κ2) is 7.90. The van der Waals surface area contributed by atoms with Crippen molar-refractivity contribution in [2.24, 2.45) is 0 Å². The summed E-state index contributed by atoms with van der Waals surface area (Å²) in [7, 11) is 0. The van der Waals surface area contributed by atoms with E-state index in [9.17, 15) is 9.90 Å². The fourth-order valence-corrected chi connectivity index (χ4v) is 3.50. The van der Waals surface area contributed by atoms with Crippen LogP contribution in [0.4, 0.5) is 10.5 Å². The number of nitrogens with one attached hydrogen (secondary N) is 2. The van der Waals surface area contributed by atoms with Crippen molar-refractivity contribution in [3.05, 3.63) is 23.8 Å². The largest absolute Gasteiger partial charge is 0.493 e. The minimum absolute atomic E-state index is 0.327. The Labute approximate surface area is 165 Å². The normalized spacial score (nSPS) is 21.9. The molecule has 0 aromatic heterocycles. The van der Waals surface area contributed by atoms with Gasteiger partial charge in [-0.15, -0.1) is 0 Å². The highest BCUT2D eigenvalue weighted by atomic mass is 32.1. The number of amides is 1. The minimum atomic E-state index is -0.590. The van der Waals surface area contributed by atoms with Crippen LogP contribution in [0.25, 0.3) is 0 Å². The van der Waals surface area contributed by atoms with E-state index in [1.54, 1.807) is 4.90 Å². The molecule has 1 fully saturated rings. The molecule has 0 bridgehead atoms. The molecule has 148 valence electrons. The van der Waals surface area contributed by atoms with Crippen LogP contribution in [-0.4, -0.2) is 58.7 Å². The Kier molecular flexibility index (Phi) is 5.76. The molecule has 1 aromatic rings. The smallest absolute Gasteiger partial charge is 0.410 e. The van der Waals surface area contributed by atoms with E-state index in [0.29, 0.717) is 31.2 Å². The van der Waals surface area contributed by atoms with Crippen LogP contribution in [0.15, 0.2) is 18.2 Å². The maximum absolute atomic E-state index is 12.3. The molecule has 3 rings (SSSR count). The summed E-state index contributed by atoms with van der Waals surface area (Å²) < 4.78 is 11.0. The van der Waals surface area contributed by atoms with Crippen LogP contribution in [0, 0.1) is 0 Å². The molecule has 1 amide bonds. The van der Waals surface area contributed by atoms with Crippen LogP contribution in [0.5, 0.6) is 5.75 Å². The zero-order valence-electron chi connectivity index (χ0n) is 15.9. The summed E-state index contributed by atoms with van der Waals surface area (Å²) in [5.74, 6) is 0.872. The number of hydrogen-bond donors (Lipinski definition) is 3. The summed E-state index contributed by atoms with van der Waals surface area (Å²) >= 11 is 5.42. The number of rotatable bonds is 2. The van der Waals surface area contributed by atoms with Gasteiger partial charge in [-0.3, -0.25) is 0 Å². The van der Waals surface area contributed by atoms with Crippen molar-refractivity contribution in [3.63, 3.8) is 0 Å². The third-order valence-corrected chi connectivity index (χ3v) is 4.76. The van der Waals surface area contributed by atoms with Crippen LogP contribution in [0.1, 0.15) is 32.8 Å². The number of likely N-dealkylation sites (tertiary alicyclic amines) is 1. The first-order chi connectivity index (χ1) is 12.7. The number of aliphatic hydroxyl groups excluding tert-OH is 1. The summed E-state index contributed by atoms with van der Waals surface area (Å²) in [5.41, 5.74) is 1.45. The van der Waals surface area contributed by atoms with Crippen molar-refractivity contribution in [3.8, 4) is 5.75 Å². The first kappa shape index (κ1) is 19.7.